The van der Waals surface area contributed by atoms with E-state index in [-0.39, 0.29) is 0 Å². The lowest BCUT2D eigenvalue weighted by Crippen LogP contribution is -2.40. The molecule has 1 aromatic heterocycles. The topological polar surface area (TPSA) is 65.1 Å². The van der Waals surface area contributed by atoms with Crippen LogP contribution in [0.1, 0.15) is 5.56 Å². The zero-order chi connectivity index (χ0) is 14.7. The summed E-state index contributed by atoms with van der Waals surface area (Å²) >= 11 is 0. The lowest BCUT2D eigenvalue weighted by Gasteiger charge is -2.16. The van der Waals surface area contributed by atoms with Gasteiger partial charge in [0.25, 0.3) is 0 Å². The molecule has 4 heteroatoms. The molecule has 3 rings (SSSR count). The summed E-state index contributed by atoms with van der Waals surface area (Å²) in [6.45, 7) is 0.562. The predicted molar refractivity (Wildman–Crippen MR) is 81.9 cm³/mol. The molecule has 2 aromatic rings. The molecular weight excluding hydrogens is 264 g/mol. The van der Waals surface area contributed by atoms with Crippen molar-refractivity contribution in [3.8, 4) is 0 Å². The summed E-state index contributed by atoms with van der Waals surface area (Å²) in [6, 6.07) is 7.33. The van der Waals surface area contributed by atoms with Crippen molar-refractivity contribution in [2.45, 2.75) is 12.5 Å². The number of hydrogen-bond acceptors (Lipinski definition) is 2. The summed E-state index contributed by atoms with van der Waals surface area (Å²) in [4.78, 5) is 14.6. The summed E-state index contributed by atoms with van der Waals surface area (Å²) in [7, 11) is 0. The Kier molecular flexibility index (Phi) is 4.25. The fourth-order valence-electron chi connectivity index (χ4n) is 2.54. The average Bonchev–Trinajstić information content (AvgIpc) is 3.13. The maximum Gasteiger partial charge on any atom is 0.321 e. The molecule has 0 saturated heterocycles. The minimum atomic E-state index is -0.827. The van der Waals surface area contributed by atoms with Crippen molar-refractivity contribution in [2.75, 3.05) is 6.54 Å². The summed E-state index contributed by atoms with van der Waals surface area (Å²) in [5.41, 5.74) is 2.06. The van der Waals surface area contributed by atoms with Gasteiger partial charge in [0.05, 0.1) is 0 Å². The first-order valence-corrected chi connectivity index (χ1v) is 6.96. The lowest BCUT2D eigenvalue weighted by molar-refractivity contribution is -0.139. The fraction of sp³-hybridized carbons (Fsp3) is 0.176. The molecule has 0 aliphatic heterocycles. The molecule has 0 unspecified atom stereocenters. The Labute approximate surface area is 124 Å². The Balaban J connectivity index is 1.68. The van der Waals surface area contributed by atoms with Crippen LogP contribution in [-0.2, 0) is 11.2 Å². The SMILES string of the molecule is O=C(O)[C@H](Cc1c[nH]c2ccccc12)NC[C]1[CH][CH][CH][CH]1. The Morgan fingerprint density at radius 1 is 1.24 bits per heavy atom. The third-order valence-electron chi connectivity index (χ3n) is 3.68. The molecule has 4 nitrogen and oxygen atoms in total. The number of carbonyl (C=O) groups is 1. The minimum Gasteiger partial charge on any atom is -0.480 e. The van der Waals surface area contributed by atoms with Gasteiger partial charge in [0.15, 0.2) is 0 Å². The molecule has 107 valence electrons. The van der Waals surface area contributed by atoms with Crippen molar-refractivity contribution in [1.29, 1.82) is 0 Å². The first-order valence-electron chi connectivity index (χ1n) is 6.96. The smallest absolute Gasteiger partial charge is 0.321 e. The molecule has 21 heavy (non-hydrogen) atoms. The predicted octanol–water partition coefficient (Wildman–Crippen LogP) is 2.16. The number of hydrogen-bond donors (Lipinski definition) is 3. The van der Waals surface area contributed by atoms with E-state index in [9.17, 15) is 9.90 Å². The van der Waals surface area contributed by atoms with Crippen molar-refractivity contribution in [2.24, 2.45) is 0 Å². The Hall–Kier alpha value is -1.81. The van der Waals surface area contributed by atoms with Crippen LogP contribution < -0.4 is 5.32 Å². The summed E-state index contributed by atoms with van der Waals surface area (Å²) in [6.07, 6.45) is 10.2. The number of rotatable bonds is 6. The highest BCUT2D eigenvalue weighted by molar-refractivity contribution is 5.84. The second-order valence-corrected chi connectivity index (χ2v) is 5.13. The first kappa shape index (κ1) is 14.1. The number of aliphatic carboxylic acids is 1. The van der Waals surface area contributed by atoms with E-state index in [0.717, 1.165) is 22.4 Å². The van der Waals surface area contributed by atoms with Gasteiger partial charge in [-0.15, -0.1) is 0 Å². The average molecular weight is 281 g/mol. The summed E-state index contributed by atoms with van der Waals surface area (Å²) in [5, 5.41) is 13.6. The van der Waals surface area contributed by atoms with Crippen LogP contribution >= 0.6 is 0 Å². The molecule has 0 spiro atoms. The number of H-pyrrole nitrogens is 1. The number of carboxylic acid groups (broad SMARTS) is 1. The zero-order valence-corrected chi connectivity index (χ0v) is 11.5. The van der Waals surface area contributed by atoms with E-state index in [2.05, 4.69) is 10.3 Å². The van der Waals surface area contributed by atoms with Gasteiger partial charge in [0.1, 0.15) is 6.04 Å². The monoisotopic (exact) mass is 281 g/mol. The molecule has 1 heterocycles. The van der Waals surface area contributed by atoms with Crippen LogP contribution in [0.3, 0.4) is 0 Å². The van der Waals surface area contributed by atoms with E-state index in [1.807, 2.05) is 56.1 Å². The van der Waals surface area contributed by atoms with Crippen LogP contribution in [-0.4, -0.2) is 28.6 Å². The zero-order valence-electron chi connectivity index (χ0n) is 11.5. The van der Waals surface area contributed by atoms with Gasteiger partial charge < -0.3 is 15.4 Å². The number of carboxylic acids is 1. The van der Waals surface area contributed by atoms with E-state index in [0.29, 0.717) is 13.0 Å². The van der Waals surface area contributed by atoms with Crippen LogP contribution in [0.25, 0.3) is 10.9 Å². The number of para-hydroxylation sites is 1. The van der Waals surface area contributed by atoms with E-state index in [1.165, 1.54) is 0 Å². The maximum atomic E-state index is 11.4. The van der Waals surface area contributed by atoms with Gasteiger partial charge in [-0.1, -0.05) is 18.2 Å². The van der Waals surface area contributed by atoms with Gasteiger partial charge in [0, 0.05) is 30.1 Å². The second-order valence-electron chi connectivity index (χ2n) is 5.13. The van der Waals surface area contributed by atoms with Crippen LogP contribution in [0.4, 0.5) is 0 Å². The molecule has 1 aromatic carbocycles. The third-order valence-corrected chi connectivity index (χ3v) is 3.68. The molecule has 5 radical (unpaired) electrons. The highest BCUT2D eigenvalue weighted by Gasteiger charge is 2.22. The number of benzene rings is 1. The van der Waals surface area contributed by atoms with E-state index < -0.39 is 12.0 Å². The molecule has 1 atom stereocenters. The van der Waals surface area contributed by atoms with Crippen LogP contribution in [0, 0.1) is 31.6 Å². The highest BCUT2D eigenvalue weighted by atomic mass is 16.4. The Morgan fingerprint density at radius 2 is 2.00 bits per heavy atom. The second kappa shape index (κ2) is 6.31. The highest BCUT2D eigenvalue weighted by Crippen LogP contribution is 2.23. The quantitative estimate of drug-likeness (QED) is 0.760. The van der Waals surface area contributed by atoms with Crippen LogP contribution in [0.2, 0.25) is 0 Å². The van der Waals surface area contributed by atoms with Gasteiger partial charge in [-0.05, 0) is 43.2 Å². The number of fused-ring (bicyclic) bond motifs is 1. The largest absolute Gasteiger partial charge is 0.480 e. The summed E-state index contributed by atoms with van der Waals surface area (Å²) in [5.74, 6) is 0.270. The number of nitrogens with one attached hydrogen (secondary N) is 2. The number of aromatic nitrogens is 1. The van der Waals surface area contributed by atoms with Gasteiger partial charge in [-0.3, -0.25) is 4.79 Å². The molecule has 3 N–H and O–H groups in total. The van der Waals surface area contributed by atoms with E-state index >= 15 is 0 Å². The molecule has 0 amide bonds. The minimum absolute atomic E-state index is 0.458. The normalized spacial score (nSPS) is 17.3. The van der Waals surface area contributed by atoms with Crippen molar-refractivity contribution in [3.63, 3.8) is 0 Å². The third kappa shape index (κ3) is 3.27. The van der Waals surface area contributed by atoms with Crippen molar-refractivity contribution < 1.29 is 9.90 Å². The van der Waals surface area contributed by atoms with Crippen LogP contribution in [0.15, 0.2) is 30.5 Å². The van der Waals surface area contributed by atoms with Gasteiger partial charge in [-0.25, -0.2) is 0 Å². The van der Waals surface area contributed by atoms with Crippen LogP contribution in [0.5, 0.6) is 0 Å². The molecule has 1 saturated carbocycles. The van der Waals surface area contributed by atoms with E-state index in [1.54, 1.807) is 0 Å². The molecule has 1 aliphatic carbocycles. The molecule has 0 bridgehead atoms. The molecule has 1 aliphatic rings. The standard InChI is InChI=1S/C17H17N2O2/c20-17(21)16(18-10-12-5-1-2-6-12)9-13-11-19-15-8-4-3-7-14(13)15/h1-8,11,16,18-19H,9-10H2,(H,20,21)/t16-/m0/s1. The van der Waals surface area contributed by atoms with Crippen molar-refractivity contribution in [1.82, 2.24) is 10.3 Å². The molecule has 1 fully saturated rings. The maximum absolute atomic E-state index is 11.4. The van der Waals surface area contributed by atoms with Crippen molar-refractivity contribution >= 4 is 16.9 Å². The summed E-state index contributed by atoms with van der Waals surface area (Å²) < 4.78 is 0. The van der Waals surface area contributed by atoms with Gasteiger partial charge in [0.2, 0.25) is 0 Å². The fourth-order valence-corrected chi connectivity index (χ4v) is 2.54. The lowest BCUT2D eigenvalue weighted by atomic mass is 10.0. The van der Waals surface area contributed by atoms with Crippen molar-refractivity contribution in [3.05, 3.63) is 67.6 Å². The molecular formula is C17H17N2O2. The Morgan fingerprint density at radius 3 is 2.76 bits per heavy atom. The number of aromatic amines is 1. The van der Waals surface area contributed by atoms with Gasteiger partial charge in [-0.2, -0.15) is 0 Å². The van der Waals surface area contributed by atoms with Gasteiger partial charge >= 0.3 is 5.97 Å². The Bertz CT molecular complexity index is 614. The first-order chi connectivity index (χ1) is 10.2. The van der Waals surface area contributed by atoms with E-state index in [4.69, 9.17) is 0 Å².